The van der Waals surface area contributed by atoms with Gasteiger partial charge in [-0.05, 0) is 12.1 Å². The number of thiazole rings is 1. The number of rotatable bonds is 1. The molecule has 0 saturated heterocycles. The third-order valence-corrected chi connectivity index (χ3v) is 2.78. The van der Waals surface area contributed by atoms with Crippen LogP contribution in [0.2, 0.25) is 4.47 Å². The van der Waals surface area contributed by atoms with Gasteiger partial charge in [0.1, 0.15) is 5.52 Å². The highest BCUT2D eigenvalue weighted by Gasteiger charge is 2.12. The monoisotopic (exact) mass is 231 g/mol. The van der Waals surface area contributed by atoms with Crippen LogP contribution in [0.25, 0.3) is 10.2 Å². The zero-order chi connectivity index (χ0) is 10.3. The first kappa shape index (κ1) is 9.36. The zero-order valence-corrected chi connectivity index (χ0v) is 8.19. The lowest BCUT2D eigenvalue weighted by molar-refractivity contribution is 0.0696. The molecule has 0 spiro atoms. The Labute approximate surface area is 86.8 Å². The van der Waals surface area contributed by atoms with Gasteiger partial charge in [-0.15, -0.1) is 11.3 Å². The molecule has 6 heteroatoms. The van der Waals surface area contributed by atoms with E-state index >= 15 is 0 Å². The predicted molar refractivity (Wildman–Crippen MR) is 51.5 cm³/mol. The molecule has 0 bridgehead atoms. The molecule has 1 aromatic heterocycles. The number of nitrogens with zero attached hydrogens (tertiary/aromatic N) is 1. The zero-order valence-electron chi connectivity index (χ0n) is 6.62. The van der Waals surface area contributed by atoms with Crippen molar-refractivity contribution >= 4 is 39.1 Å². The van der Waals surface area contributed by atoms with Crippen molar-refractivity contribution in [2.75, 3.05) is 0 Å². The second-order valence-corrected chi connectivity index (χ2v) is 4.19. The van der Waals surface area contributed by atoms with Crippen LogP contribution in [0.5, 0.6) is 0 Å². The quantitative estimate of drug-likeness (QED) is 0.821. The predicted octanol–water partition coefficient (Wildman–Crippen LogP) is 2.79. The molecular weight excluding hydrogens is 229 g/mol. The van der Waals surface area contributed by atoms with Crippen LogP contribution < -0.4 is 0 Å². The number of carbonyl (C=O) groups is 1. The molecule has 0 aliphatic carbocycles. The van der Waals surface area contributed by atoms with E-state index in [4.69, 9.17) is 16.7 Å². The van der Waals surface area contributed by atoms with E-state index in [2.05, 4.69) is 4.98 Å². The number of benzene rings is 1. The summed E-state index contributed by atoms with van der Waals surface area (Å²) in [7, 11) is 0. The highest BCUT2D eigenvalue weighted by molar-refractivity contribution is 7.22. The fraction of sp³-hybridized carbons (Fsp3) is 0. The van der Waals surface area contributed by atoms with E-state index in [1.54, 1.807) is 0 Å². The van der Waals surface area contributed by atoms with Crippen LogP contribution >= 0.6 is 22.9 Å². The average Bonchev–Trinajstić information content (AvgIpc) is 2.45. The van der Waals surface area contributed by atoms with Gasteiger partial charge in [0.25, 0.3) is 0 Å². The van der Waals surface area contributed by atoms with Crippen molar-refractivity contribution in [1.29, 1.82) is 0 Å². The third kappa shape index (κ3) is 1.44. The van der Waals surface area contributed by atoms with Crippen LogP contribution in [0.3, 0.4) is 0 Å². The van der Waals surface area contributed by atoms with E-state index in [1.807, 2.05) is 0 Å². The number of aromatic carboxylic acids is 1. The smallest absolute Gasteiger partial charge is 0.335 e. The molecule has 0 unspecified atom stereocenters. The van der Waals surface area contributed by atoms with Crippen molar-refractivity contribution in [3.05, 3.63) is 28.0 Å². The van der Waals surface area contributed by atoms with E-state index in [0.717, 1.165) is 17.4 Å². The van der Waals surface area contributed by atoms with Crippen molar-refractivity contribution in [2.24, 2.45) is 0 Å². The molecule has 1 N–H and O–H groups in total. The summed E-state index contributed by atoms with van der Waals surface area (Å²) in [6.07, 6.45) is 0. The number of halogens is 2. The Kier molecular flexibility index (Phi) is 2.13. The summed E-state index contributed by atoms with van der Waals surface area (Å²) in [5.74, 6) is -1.83. The summed E-state index contributed by atoms with van der Waals surface area (Å²) in [6, 6.07) is 2.28. The molecule has 2 aromatic rings. The molecule has 0 aliphatic rings. The Morgan fingerprint density at radius 2 is 2.29 bits per heavy atom. The standard InChI is InChI=1S/C8H3ClFNO2S/c9-8-11-6-4(10)1-3(7(12)13)2-5(6)14-8/h1-2H,(H,12,13). The molecule has 0 saturated carbocycles. The lowest BCUT2D eigenvalue weighted by Gasteiger charge is -1.94. The fourth-order valence-corrected chi connectivity index (χ4v) is 2.16. The van der Waals surface area contributed by atoms with Crippen LogP contribution in [-0.4, -0.2) is 16.1 Å². The van der Waals surface area contributed by atoms with E-state index < -0.39 is 11.8 Å². The van der Waals surface area contributed by atoms with Crippen LogP contribution in [0, 0.1) is 5.82 Å². The topological polar surface area (TPSA) is 50.2 Å². The molecule has 2 rings (SSSR count). The van der Waals surface area contributed by atoms with Crippen molar-refractivity contribution in [3.63, 3.8) is 0 Å². The molecule has 1 heterocycles. The normalized spacial score (nSPS) is 10.7. The van der Waals surface area contributed by atoms with Crippen LogP contribution in [0.4, 0.5) is 4.39 Å². The second kappa shape index (κ2) is 3.18. The highest BCUT2D eigenvalue weighted by atomic mass is 35.5. The minimum absolute atomic E-state index is 0.102. The summed E-state index contributed by atoms with van der Waals surface area (Å²) in [4.78, 5) is 14.3. The van der Waals surface area contributed by atoms with Crippen molar-refractivity contribution in [3.8, 4) is 0 Å². The molecule has 0 aliphatic heterocycles. The Balaban J connectivity index is 2.77. The summed E-state index contributed by atoms with van der Waals surface area (Å²) in [6.45, 7) is 0. The largest absolute Gasteiger partial charge is 0.478 e. The maximum Gasteiger partial charge on any atom is 0.335 e. The molecule has 0 fully saturated rings. The van der Waals surface area contributed by atoms with Gasteiger partial charge in [-0.3, -0.25) is 0 Å². The summed E-state index contributed by atoms with van der Waals surface area (Å²) < 4.78 is 13.9. The van der Waals surface area contributed by atoms with Gasteiger partial charge < -0.3 is 5.11 Å². The van der Waals surface area contributed by atoms with Crippen LogP contribution in [0.1, 0.15) is 10.4 Å². The molecule has 72 valence electrons. The molecule has 0 amide bonds. The lowest BCUT2D eigenvalue weighted by Crippen LogP contribution is -1.96. The SMILES string of the molecule is O=C(O)c1cc(F)c2nc(Cl)sc2c1. The minimum Gasteiger partial charge on any atom is -0.478 e. The molecule has 1 aromatic carbocycles. The van der Waals surface area contributed by atoms with E-state index in [1.165, 1.54) is 6.07 Å². The number of hydrogen-bond acceptors (Lipinski definition) is 3. The van der Waals surface area contributed by atoms with Crippen LogP contribution in [0.15, 0.2) is 12.1 Å². The molecule has 14 heavy (non-hydrogen) atoms. The van der Waals surface area contributed by atoms with E-state index in [0.29, 0.717) is 4.70 Å². The highest BCUT2D eigenvalue weighted by Crippen LogP contribution is 2.28. The van der Waals surface area contributed by atoms with Crippen molar-refractivity contribution in [2.45, 2.75) is 0 Å². The second-order valence-electron chi connectivity index (χ2n) is 2.58. The molecule has 0 atom stereocenters. The first-order chi connectivity index (χ1) is 6.58. The van der Waals surface area contributed by atoms with Gasteiger partial charge in [0.15, 0.2) is 10.3 Å². The summed E-state index contributed by atoms with van der Waals surface area (Å²) in [5, 5.41) is 8.66. The van der Waals surface area contributed by atoms with Crippen LogP contribution in [-0.2, 0) is 0 Å². The van der Waals surface area contributed by atoms with Gasteiger partial charge in [0.05, 0.1) is 10.3 Å². The fourth-order valence-electron chi connectivity index (χ4n) is 1.09. The first-order valence-electron chi connectivity index (χ1n) is 3.57. The molecule has 0 radical (unpaired) electrons. The molecular formula is C8H3ClFNO2S. The van der Waals surface area contributed by atoms with Gasteiger partial charge >= 0.3 is 5.97 Å². The third-order valence-electron chi connectivity index (χ3n) is 1.67. The Morgan fingerprint density at radius 1 is 1.57 bits per heavy atom. The maximum absolute atomic E-state index is 13.2. The van der Waals surface area contributed by atoms with Crippen molar-refractivity contribution < 1.29 is 14.3 Å². The number of aromatic nitrogens is 1. The lowest BCUT2D eigenvalue weighted by atomic mass is 10.2. The van der Waals surface area contributed by atoms with Gasteiger partial charge in [-0.25, -0.2) is 14.2 Å². The average molecular weight is 232 g/mol. The Bertz CT molecular complexity index is 525. The van der Waals surface area contributed by atoms with Gasteiger partial charge in [-0.1, -0.05) is 11.6 Å². The van der Waals surface area contributed by atoms with Crippen molar-refractivity contribution in [1.82, 2.24) is 4.98 Å². The Morgan fingerprint density at radius 3 is 2.93 bits per heavy atom. The number of fused-ring (bicyclic) bond motifs is 1. The number of carboxylic acids is 1. The van der Waals surface area contributed by atoms with Gasteiger partial charge in [0, 0.05) is 0 Å². The first-order valence-corrected chi connectivity index (χ1v) is 4.76. The summed E-state index contributed by atoms with van der Waals surface area (Å²) in [5.41, 5.74) is 0.0142. The number of carboxylic acid groups (broad SMARTS) is 1. The van der Waals surface area contributed by atoms with E-state index in [-0.39, 0.29) is 15.5 Å². The van der Waals surface area contributed by atoms with Gasteiger partial charge in [0.2, 0.25) is 0 Å². The minimum atomic E-state index is -1.17. The number of hydrogen-bond donors (Lipinski definition) is 1. The van der Waals surface area contributed by atoms with Gasteiger partial charge in [-0.2, -0.15) is 0 Å². The maximum atomic E-state index is 13.2. The summed E-state index contributed by atoms with van der Waals surface area (Å²) >= 11 is 6.63. The Hall–Kier alpha value is -1.20. The molecule has 3 nitrogen and oxygen atoms in total. The van der Waals surface area contributed by atoms with E-state index in [9.17, 15) is 9.18 Å².